The number of hydrogen-bond donors (Lipinski definition) is 3. The number of aromatic hydroxyl groups is 1. The third-order valence-electron chi connectivity index (χ3n) is 5.11. The lowest BCUT2D eigenvalue weighted by Crippen LogP contribution is -2.15. The lowest BCUT2D eigenvalue weighted by molar-refractivity contribution is 0.171. The van der Waals surface area contributed by atoms with E-state index in [0.29, 0.717) is 58.7 Å². The van der Waals surface area contributed by atoms with Gasteiger partial charge in [0.15, 0.2) is 34.5 Å². The predicted molar refractivity (Wildman–Crippen MR) is 115 cm³/mol. The van der Waals surface area contributed by atoms with E-state index < -0.39 is 0 Å². The number of ether oxygens (including phenoxy) is 4. The normalized spacial score (nSPS) is 12.4. The first-order valence-corrected chi connectivity index (χ1v) is 9.75. The number of anilines is 2. The summed E-state index contributed by atoms with van der Waals surface area (Å²) in [5.74, 6) is 2.35. The Morgan fingerprint density at radius 2 is 1.97 bits per heavy atom. The van der Waals surface area contributed by atoms with Gasteiger partial charge in [0.05, 0.1) is 14.2 Å². The molecule has 5 rings (SSSR count). The van der Waals surface area contributed by atoms with Crippen molar-refractivity contribution < 1.29 is 24.1 Å². The first-order chi connectivity index (χ1) is 15.6. The Morgan fingerprint density at radius 3 is 2.72 bits per heavy atom. The van der Waals surface area contributed by atoms with Crippen LogP contribution in [0.5, 0.6) is 28.7 Å². The molecule has 0 spiro atoms. The molecule has 32 heavy (non-hydrogen) atoms. The first-order valence-electron chi connectivity index (χ1n) is 9.75. The Hall–Kier alpha value is -4.52. The van der Waals surface area contributed by atoms with Gasteiger partial charge in [0.1, 0.15) is 30.5 Å². The molecule has 10 nitrogen and oxygen atoms in total. The number of fused-ring (bicyclic) bond motifs is 2. The van der Waals surface area contributed by atoms with Crippen LogP contribution in [0.3, 0.4) is 0 Å². The maximum Gasteiger partial charge on any atom is 0.203 e. The summed E-state index contributed by atoms with van der Waals surface area (Å²) in [6.07, 6.45) is 1.58. The molecule has 4 aromatic rings. The summed E-state index contributed by atoms with van der Waals surface area (Å²) in [4.78, 5) is 4.65. The number of aromatic amines is 1. The maximum atomic E-state index is 10.5. The van der Waals surface area contributed by atoms with Gasteiger partial charge in [0.2, 0.25) is 5.75 Å². The van der Waals surface area contributed by atoms with Gasteiger partial charge in [-0.25, -0.2) is 9.50 Å². The number of nitrogens with one attached hydrogen (secondary N) is 2. The largest absolute Gasteiger partial charge is 0.504 e. The van der Waals surface area contributed by atoms with Crippen LogP contribution >= 0.6 is 0 Å². The summed E-state index contributed by atoms with van der Waals surface area (Å²) >= 11 is 0. The van der Waals surface area contributed by atoms with Crippen molar-refractivity contribution in [3.05, 3.63) is 42.1 Å². The molecule has 1 aliphatic heterocycles. The summed E-state index contributed by atoms with van der Waals surface area (Å²) in [5.41, 5.74) is 2.62. The van der Waals surface area contributed by atoms with Crippen molar-refractivity contribution in [1.29, 1.82) is 5.26 Å². The first kappa shape index (κ1) is 19.4. The van der Waals surface area contributed by atoms with Gasteiger partial charge in [-0.3, -0.25) is 5.10 Å². The Morgan fingerprint density at radius 1 is 1.16 bits per heavy atom. The van der Waals surface area contributed by atoms with Crippen LogP contribution in [0.25, 0.3) is 16.9 Å². The number of phenols is 1. The minimum atomic E-state index is -0.0932. The molecule has 0 saturated heterocycles. The summed E-state index contributed by atoms with van der Waals surface area (Å²) in [6, 6.07) is 10.9. The number of benzene rings is 2. The summed E-state index contributed by atoms with van der Waals surface area (Å²) in [5, 5.41) is 26.3. The Bertz CT molecular complexity index is 1370. The topological polar surface area (TPSA) is 126 Å². The second kappa shape index (κ2) is 7.63. The van der Waals surface area contributed by atoms with E-state index in [2.05, 4.69) is 21.5 Å². The number of imidazole rings is 1. The minimum absolute atomic E-state index is 0.0932. The molecular weight excluding hydrogens is 414 g/mol. The van der Waals surface area contributed by atoms with Gasteiger partial charge < -0.3 is 29.4 Å². The molecule has 0 aliphatic carbocycles. The van der Waals surface area contributed by atoms with Gasteiger partial charge in [-0.05, 0) is 24.3 Å². The monoisotopic (exact) mass is 433 g/mol. The van der Waals surface area contributed by atoms with Crippen LogP contribution in [-0.4, -0.2) is 47.1 Å². The number of methoxy groups -OCH3 is 2. The van der Waals surface area contributed by atoms with E-state index in [-0.39, 0.29) is 11.5 Å². The molecule has 1 aliphatic rings. The standard InChI is InChI=1S/C22H19N5O5/c1-29-18-8-12(7-15(28)20(18)30-2)19-22(27-21(26-19)13(10-23)11-24-27)25-14-3-4-16-17(9-14)32-6-5-31-16/h3-4,7-9,11,24-25,28H,5-6H2,1-2H3. The third-order valence-corrected chi connectivity index (χ3v) is 5.11. The van der Waals surface area contributed by atoms with Gasteiger partial charge in [0.25, 0.3) is 0 Å². The molecule has 2 aromatic heterocycles. The zero-order valence-electron chi connectivity index (χ0n) is 17.3. The molecule has 2 aromatic carbocycles. The van der Waals surface area contributed by atoms with Gasteiger partial charge in [0, 0.05) is 23.5 Å². The fourth-order valence-corrected chi connectivity index (χ4v) is 3.66. The van der Waals surface area contributed by atoms with Gasteiger partial charge >= 0.3 is 0 Å². The minimum Gasteiger partial charge on any atom is -0.504 e. The van der Waals surface area contributed by atoms with E-state index in [1.807, 2.05) is 18.2 Å². The highest BCUT2D eigenvalue weighted by Gasteiger charge is 2.22. The fourth-order valence-electron chi connectivity index (χ4n) is 3.66. The average Bonchev–Trinajstić information content (AvgIpc) is 3.38. The van der Waals surface area contributed by atoms with Crippen molar-refractivity contribution >= 4 is 17.2 Å². The highest BCUT2D eigenvalue weighted by atomic mass is 16.6. The quantitative estimate of drug-likeness (QED) is 0.437. The van der Waals surface area contributed by atoms with Crippen molar-refractivity contribution in [3.63, 3.8) is 0 Å². The molecule has 0 unspecified atom stereocenters. The molecule has 0 fully saturated rings. The van der Waals surface area contributed by atoms with Gasteiger partial charge in [-0.1, -0.05) is 0 Å². The summed E-state index contributed by atoms with van der Waals surface area (Å²) < 4.78 is 23.5. The molecule has 0 amide bonds. The SMILES string of the molecule is COc1cc(-c2nc3c(C#N)c[nH]n3c2Nc2ccc3c(c2)OCCO3)cc(O)c1OC. The molecule has 3 N–H and O–H groups in total. The number of nitriles is 1. The van der Waals surface area contributed by atoms with Crippen LogP contribution in [0.2, 0.25) is 0 Å². The second-order valence-electron chi connectivity index (χ2n) is 6.98. The fraction of sp³-hybridized carbons (Fsp3) is 0.182. The number of phenolic OH excluding ortho intramolecular Hbond substituents is 1. The number of rotatable bonds is 5. The van der Waals surface area contributed by atoms with Crippen molar-refractivity contribution in [2.45, 2.75) is 0 Å². The highest BCUT2D eigenvalue weighted by molar-refractivity contribution is 5.83. The van der Waals surface area contributed by atoms with Crippen LogP contribution in [0.4, 0.5) is 11.5 Å². The third kappa shape index (κ3) is 3.07. The molecular formula is C22H19N5O5. The van der Waals surface area contributed by atoms with Crippen LogP contribution in [0.15, 0.2) is 36.5 Å². The average molecular weight is 433 g/mol. The van der Waals surface area contributed by atoms with Crippen LogP contribution in [0, 0.1) is 11.3 Å². The second-order valence-corrected chi connectivity index (χ2v) is 6.98. The summed E-state index contributed by atoms with van der Waals surface area (Å²) in [6.45, 7) is 0.987. The van der Waals surface area contributed by atoms with Crippen molar-refractivity contribution in [1.82, 2.24) is 14.6 Å². The van der Waals surface area contributed by atoms with Crippen LogP contribution in [-0.2, 0) is 0 Å². The molecule has 3 heterocycles. The van der Waals surface area contributed by atoms with Gasteiger partial charge in [-0.2, -0.15) is 5.26 Å². The molecule has 162 valence electrons. The van der Waals surface area contributed by atoms with E-state index >= 15 is 0 Å². The van der Waals surface area contributed by atoms with E-state index in [1.54, 1.807) is 16.8 Å². The Kier molecular flexibility index (Phi) is 4.63. The highest BCUT2D eigenvalue weighted by Crippen LogP contribution is 2.43. The van der Waals surface area contributed by atoms with Crippen LogP contribution in [0.1, 0.15) is 5.56 Å². The lowest BCUT2D eigenvalue weighted by atomic mass is 10.1. The molecule has 10 heteroatoms. The Labute approximate surface area is 182 Å². The smallest absolute Gasteiger partial charge is 0.203 e. The Balaban J connectivity index is 1.66. The number of H-pyrrole nitrogens is 1. The van der Waals surface area contributed by atoms with Crippen molar-refractivity contribution in [3.8, 4) is 46.1 Å². The maximum absolute atomic E-state index is 10.5. The zero-order valence-corrected chi connectivity index (χ0v) is 17.3. The predicted octanol–water partition coefficient (Wildman–Crippen LogP) is 3.44. The number of nitrogens with zero attached hydrogens (tertiary/aromatic N) is 3. The molecule has 0 radical (unpaired) electrons. The van der Waals surface area contributed by atoms with E-state index in [1.165, 1.54) is 20.3 Å². The van der Waals surface area contributed by atoms with Crippen molar-refractivity contribution in [2.24, 2.45) is 0 Å². The van der Waals surface area contributed by atoms with E-state index in [9.17, 15) is 10.4 Å². The molecule has 0 bridgehead atoms. The van der Waals surface area contributed by atoms with E-state index in [0.717, 1.165) is 5.69 Å². The van der Waals surface area contributed by atoms with Gasteiger partial charge in [-0.15, -0.1) is 0 Å². The zero-order chi connectivity index (χ0) is 22.2. The lowest BCUT2D eigenvalue weighted by Gasteiger charge is -2.19. The number of hydrogen-bond acceptors (Lipinski definition) is 8. The summed E-state index contributed by atoms with van der Waals surface area (Å²) in [7, 11) is 2.94. The molecule has 0 atom stereocenters. The number of aromatic nitrogens is 3. The molecule has 0 saturated carbocycles. The van der Waals surface area contributed by atoms with Crippen LogP contribution < -0.4 is 24.3 Å². The van der Waals surface area contributed by atoms with E-state index in [4.69, 9.17) is 18.9 Å². The van der Waals surface area contributed by atoms with Crippen molar-refractivity contribution in [2.75, 3.05) is 32.8 Å².